The second-order valence-electron chi connectivity index (χ2n) is 7.95. The average Bonchev–Trinajstić information content (AvgIpc) is 2.49. The van der Waals surface area contributed by atoms with Crippen molar-refractivity contribution in [2.75, 3.05) is 44.3 Å². The van der Waals surface area contributed by atoms with Gasteiger partial charge in [-0.25, -0.2) is 4.98 Å². The molecule has 3 aliphatic rings. The molecule has 3 fully saturated rings. The van der Waals surface area contributed by atoms with Crippen LogP contribution in [0.25, 0.3) is 0 Å². The van der Waals surface area contributed by atoms with Crippen LogP contribution in [0.1, 0.15) is 19.4 Å². The highest BCUT2D eigenvalue weighted by molar-refractivity contribution is 5.93. The fourth-order valence-corrected chi connectivity index (χ4v) is 4.48. The summed E-state index contributed by atoms with van der Waals surface area (Å²) in [7, 11) is 0. The molecule has 5 heteroatoms. The van der Waals surface area contributed by atoms with Gasteiger partial charge in [-0.2, -0.15) is 0 Å². The number of aromatic nitrogens is 1. The molecule has 0 spiro atoms. The Balaban J connectivity index is 1.62. The van der Waals surface area contributed by atoms with Gasteiger partial charge in [0.25, 0.3) is 0 Å². The molecule has 3 aliphatic heterocycles. The highest BCUT2D eigenvalue weighted by Gasteiger charge is 2.57. The molecule has 1 aromatic rings. The second-order valence-corrected chi connectivity index (χ2v) is 7.95. The maximum Gasteiger partial charge on any atom is 0.150 e. The van der Waals surface area contributed by atoms with Gasteiger partial charge in [0.05, 0.1) is 30.1 Å². The zero-order chi connectivity index (χ0) is 16.9. The first kappa shape index (κ1) is 15.6. The van der Waals surface area contributed by atoms with Gasteiger partial charge in [0.2, 0.25) is 0 Å². The number of fused-ring (bicyclic) bond motifs is 2. The number of likely N-dealkylation sites (tertiary alicyclic amines) is 1. The van der Waals surface area contributed by atoms with E-state index in [1.165, 1.54) is 0 Å². The number of pyridine rings is 1. The van der Waals surface area contributed by atoms with Crippen molar-refractivity contribution in [3.8, 4) is 12.3 Å². The van der Waals surface area contributed by atoms with E-state index in [9.17, 15) is 4.79 Å². The maximum atomic E-state index is 13.1. The van der Waals surface area contributed by atoms with Crippen LogP contribution in [-0.2, 0) is 9.53 Å². The molecule has 5 nitrogen and oxygen atoms in total. The minimum atomic E-state index is -0.368. The van der Waals surface area contributed by atoms with Crippen molar-refractivity contribution in [3.63, 3.8) is 0 Å². The van der Waals surface area contributed by atoms with Gasteiger partial charge in [-0.15, -0.1) is 6.42 Å². The van der Waals surface area contributed by atoms with Crippen LogP contribution in [0.4, 0.5) is 5.82 Å². The van der Waals surface area contributed by atoms with Crippen molar-refractivity contribution < 1.29 is 9.53 Å². The van der Waals surface area contributed by atoms with Gasteiger partial charge in [-0.3, -0.25) is 9.69 Å². The van der Waals surface area contributed by atoms with E-state index in [1.807, 2.05) is 12.1 Å². The van der Waals surface area contributed by atoms with E-state index < -0.39 is 0 Å². The Bertz CT molecular complexity index is 682. The first-order valence-corrected chi connectivity index (χ1v) is 8.48. The van der Waals surface area contributed by atoms with E-state index in [1.54, 1.807) is 6.20 Å². The van der Waals surface area contributed by atoms with Crippen LogP contribution in [0.2, 0.25) is 0 Å². The number of anilines is 1. The maximum absolute atomic E-state index is 13.1. The summed E-state index contributed by atoms with van der Waals surface area (Å²) in [6.45, 7) is 8.78. The number of Topliss-reactive ketones (excluding diaryl/α,β-unsaturated/α-hetero) is 1. The molecule has 3 saturated heterocycles. The lowest BCUT2D eigenvalue weighted by Crippen LogP contribution is -2.71. The van der Waals surface area contributed by atoms with E-state index in [-0.39, 0.29) is 10.8 Å². The lowest BCUT2D eigenvalue weighted by molar-refractivity contribution is -0.158. The zero-order valence-corrected chi connectivity index (χ0v) is 14.3. The molecule has 1 aromatic heterocycles. The standard InChI is InChI=1S/C19H23N3O2/c1-4-14-5-6-16(20-7-14)22-12-18(2)10-21(15-8-24-9-15)11-19(3,13-22)17(18)23/h1,5-7,15H,8-13H2,2-3H3. The Kier molecular flexibility index (Phi) is 3.45. The van der Waals surface area contributed by atoms with Gasteiger partial charge in [0, 0.05) is 37.9 Å². The SMILES string of the molecule is C#Cc1ccc(N2CC3(C)CN(C4COC4)CC(C)(C2)C3=O)nc1. The van der Waals surface area contributed by atoms with Crippen LogP contribution >= 0.6 is 0 Å². The minimum absolute atomic E-state index is 0.368. The summed E-state index contributed by atoms with van der Waals surface area (Å²) in [6.07, 6.45) is 7.14. The van der Waals surface area contributed by atoms with E-state index in [4.69, 9.17) is 11.2 Å². The lowest BCUT2D eigenvalue weighted by Gasteiger charge is -2.57. The Labute approximate surface area is 143 Å². The molecule has 2 unspecified atom stereocenters. The van der Waals surface area contributed by atoms with Gasteiger partial charge in [-0.05, 0) is 26.0 Å². The van der Waals surface area contributed by atoms with E-state index in [2.05, 4.69) is 34.6 Å². The van der Waals surface area contributed by atoms with Crippen LogP contribution in [0.15, 0.2) is 18.3 Å². The van der Waals surface area contributed by atoms with Crippen LogP contribution < -0.4 is 4.90 Å². The van der Waals surface area contributed by atoms with Crippen LogP contribution in [0.3, 0.4) is 0 Å². The van der Waals surface area contributed by atoms with Gasteiger partial charge >= 0.3 is 0 Å². The highest BCUT2D eigenvalue weighted by Crippen LogP contribution is 2.44. The predicted molar refractivity (Wildman–Crippen MR) is 91.8 cm³/mol. The number of hydrogen-bond donors (Lipinski definition) is 0. The van der Waals surface area contributed by atoms with E-state index in [0.29, 0.717) is 24.9 Å². The number of carbonyl (C=O) groups is 1. The number of terminal acetylenes is 1. The van der Waals surface area contributed by atoms with Crippen molar-refractivity contribution in [3.05, 3.63) is 23.9 Å². The molecule has 126 valence electrons. The molecule has 2 bridgehead atoms. The number of piperidine rings is 2. The number of ketones is 1. The summed E-state index contributed by atoms with van der Waals surface area (Å²) in [5.41, 5.74) is 0.0428. The number of hydrogen-bond acceptors (Lipinski definition) is 5. The molecule has 0 N–H and O–H groups in total. The van der Waals surface area contributed by atoms with Crippen molar-refractivity contribution >= 4 is 11.6 Å². The van der Waals surface area contributed by atoms with Gasteiger partial charge < -0.3 is 9.64 Å². The summed E-state index contributed by atoms with van der Waals surface area (Å²) in [4.78, 5) is 22.3. The topological polar surface area (TPSA) is 45.7 Å². The Morgan fingerprint density at radius 2 is 1.88 bits per heavy atom. The first-order valence-electron chi connectivity index (χ1n) is 8.48. The zero-order valence-electron chi connectivity index (χ0n) is 14.3. The molecule has 24 heavy (non-hydrogen) atoms. The molecule has 4 rings (SSSR count). The Morgan fingerprint density at radius 1 is 1.21 bits per heavy atom. The first-order chi connectivity index (χ1) is 11.4. The summed E-state index contributed by atoms with van der Waals surface area (Å²) < 4.78 is 5.35. The third kappa shape index (κ3) is 2.33. The number of carbonyl (C=O) groups excluding carboxylic acids is 1. The summed E-state index contributed by atoms with van der Waals surface area (Å²) >= 11 is 0. The van der Waals surface area contributed by atoms with Gasteiger partial charge in [0.1, 0.15) is 5.82 Å². The number of rotatable bonds is 2. The Morgan fingerprint density at radius 3 is 2.33 bits per heavy atom. The molecule has 0 amide bonds. The molecule has 0 aliphatic carbocycles. The van der Waals surface area contributed by atoms with Crippen LogP contribution in [0.5, 0.6) is 0 Å². The minimum Gasteiger partial charge on any atom is -0.378 e. The third-order valence-corrected chi connectivity index (χ3v) is 5.66. The molecule has 0 saturated carbocycles. The predicted octanol–water partition coefficient (Wildman–Crippen LogP) is 1.18. The summed E-state index contributed by atoms with van der Waals surface area (Å²) in [5.74, 6) is 3.89. The monoisotopic (exact) mass is 325 g/mol. The lowest BCUT2D eigenvalue weighted by atomic mass is 9.64. The quantitative estimate of drug-likeness (QED) is 0.764. The van der Waals surface area contributed by atoms with Gasteiger partial charge in [-0.1, -0.05) is 5.92 Å². The van der Waals surface area contributed by atoms with Crippen molar-refractivity contribution in [1.29, 1.82) is 0 Å². The molecular formula is C19H23N3O2. The largest absolute Gasteiger partial charge is 0.378 e. The van der Waals surface area contributed by atoms with E-state index in [0.717, 1.165) is 37.7 Å². The fourth-order valence-electron chi connectivity index (χ4n) is 4.48. The number of nitrogens with zero attached hydrogens (tertiary/aromatic N) is 3. The van der Waals surface area contributed by atoms with Gasteiger partial charge in [0.15, 0.2) is 5.78 Å². The molecule has 2 atom stereocenters. The molecular weight excluding hydrogens is 302 g/mol. The number of ether oxygens (including phenoxy) is 1. The van der Waals surface area contributed by atoms with Crippen molar-refractivity contribution in [1.82, 2.24) is 9.88 Å². The smallest absolute Gasteiger partial charge is 0.150 e. The van der Waals surface area contributed by atoms with Crippen LogP contribution in [-0.4, -0.2) is 61.1 Å². The summed E-state index contributed by atoms with van der Waals surface area (Å²) in [6, 6.07) is 4.35. The second kappa shape index (κ2) is 5.30. The summed E-state index contributed by atoms with van der Waals surface area (Å²) in [5, 5.41) is 0. The fraction of sp³-hybridized carbons (Fsp3) is 0.579. The molecule has 4 heterocycles. The Hall–Kier alpha value is -1.90. The average molecular weight is 325 g/mol. The molecule has 0 aromatic carbocycles. The van der Waals surface area contributed by atoms with E-state index >= 15 is 0 Å². The highest BCUT2D eigenvalue weighted by atomic mass is 16.5. The molecule has 0 radical (unpaired) electrons. The normalized spacial score (nSPS) is 33.9. The van der Waals surface area contributed by atoms with Crippen molar-refractivity contribution in [2.24, 2.45) is 10.8 Å². The van der Waals surface area contributed by atoms with Crippen LogP contribution in [0, 0.1) is 23.2 Å². The van der Waals surface area contributed by atoms with Crippen molar-refractivity contribution in [2.45, 2.75) is 19.9 Å². The third-order valence-electron chi connectivity index (χ3n) is 5.66.